The second kappa shape index (κ2) is 21.8. The van der Waals surface area contributed by atoms with Gasteiger partial charge in [-0.1, -0.05) is 77.0 Å². The molecule has 0 radical (unpaired) electrons. The Balaban J connectivity index is 0.000000463. The summed E-state index contributed by atoms with van der Waals surface area (Å²) in [6, 6.07) is 0. The second-order valence-corrected chi connectivity index (χ2v) is 10.7. The van der Waals surface area contributed by atoms with Crippen LogP contribution in [0.15, 0.2) is 0 Å². The fourth-order valence-electron chi connectivity index (χ4n) is 5.39. The fraction of sp³-hybridized carbons (Fsp3) is 0.857. The van der Waals surface area contributed by atoms with Gasteiger partial charge >= 0.3 is 17.9 Å². The fourth-order valence-corrected chi connectivity index (χ4v) is 5.39. The summed E-state index contributed by atoms with van der Waals surface area (Å²) in [5, 5.41) is 35.9. The standard InChI is InChI=1S/4C7H12O2.U/c4*8-7(9)6-4-2-1-3-5-6;/h4*6H,1-5H2,(H,8,9);/p-1. The van der Waals surface area contributed by atoms with E-state index < -0.39 is 23.9 Å². The van der Waals surface area contributed by atoms with Crippen molar-refractivity contribution >= 4 is 23.9 Å². The third-order valence-electron chi connectivity index (χ3n) is 7.80. The van der Waals surface area contributed by atoms with Gasteiger partial charge in [0.1, 0.15) is 0 Å². The zero-order valence-corrected chi connectivity index (χ0v) is 26.5. The van der Waals surface area contributed by atoms with E-state index in [2.05, 4.69) is 0 Å². The Morgan fingerprint density at radius 2 is 0.595 bits per heavy atom. The van der Waals surface area contributed by atoms with Crippen LogP contribution in [-0.4, -0.2) is 39.2 Å². The first-order valence-electron chi connectivity index (χ1n) is 14.1. The van der Waals surface area contributed by atoms with Gasteiger partial charge in [-0.15, -0.1) is 0 Å². The maximum absolute atomic E-state index is 10.4. The second-order valence-electron chi connectivity index (χ2n) is 10.7. The van der Waals surface area contributed by atoms with E-state index in [1.807, 2.05) is 0 Å². The molecular formula is C28H47O8U-. The largest absolute Gasteiger partial charge is 0.550 e. The molecule has 37 heavy (non-hydrogen) atoms. The number of rotatable bonds is 4. The molecular weight excluding hydrogens is 702 g/mol. The van der Waals surface area contributed by atoms with Gasteiger partial charge in [0.05, 0.1) is 17.8 Å². The molecule has 0 aliphatic heterocycles. The van der Waals surface area contributed by atoms with E-state index in [9.17, 15) is 24.3 Å². The van der Waals surface area contributed by atoms with Gasteiger partial charge in [-0.2, -0.15) is 0 Å². The molecule has 3 N–H and O–H groups in total. The molecule has 0 atom stereocenters. The van der Waals surface area contributed by atoms with Gasteiger partial charge < -0.3 is 25.2 Å². The molecule has 4 fully saturated rings. The van der Waals surface area contributed by atoms with Gasteiger partial charge in [0.15, 0.2) is 0 Å². The molecule has 212 valence electrons. The molecule has 8 nitrogen and oxygen atoms in total. The Morgan fingerprint density at radius 3 is 0.703 bits per heavy atom. The summed E-state index contributed by atoms with van der Waals surface area (Å²) >= 11 is 0. The maximum atomic E-state index is 10.4. The molecule has 0 aromatic heterocycles. The molecule has 4 saturated carbocycles. The predicted molar refractivity (Wildman–Crippen MR) is 134 cm³/mol. The van der Waals surface area contributed by atoms with E-state index in [0.717, 1.165) is 103 Å². The summed E-state index contributed by atoms with van der Waals surface area (Å²) in [5.41, 5.74) is 0. The summed E-state index contributed by atoms with van der Waals surface area (Å²) in [4.78, 5) is 41.3. The van der Waals surface area contributed by atoms with E-state index in [1.165, 1.54) is 25.7 Å². The molecule has 4 rings (SSSR count). The van der Waals surface area contributed by atoms with Crippen molar-refractivity contribution in [3.05, 3.63) is 0 Å². The molecule has 0 unspecified atom stereocenters. The molecule has 0 heterocycles. The van der Waals surface area contributed by atoms with Gasteiger partial charge in [0.25, 0.3) is 0 Å². The Morgan fingerprint density at radius 1 is 0.405 bits per heavy atom. The van der Waals surface area contributed by atoms with Gasteiger partial charge in [-0.25, -0.2) is 0 Å². The van der Waals surface area contributed by atoms with Crippen LogP contribution in [0.2, 0.25) is 0 Å². The van der Waals surface area contributed by atoms with Crippen LogP contribution in [0, 0.1) is 54.8 Å². The Bertz CT molecular complexity index is 533. The van der Waals surface area contributed by atoms with Crippen LogP contribution in [-0.2, 0) is 19.2 Å². The third-order valence-corrected chi connectivity index (χ3v) is 7.80. The van der Waals surface area contributed by atoms with Crippen molar-refractivity contribution in [1.82, 2.24) is 0 Å². The minimum atomic E-state index is -0.852. The van der Waals surface area contributed by atoms with Crippen LogP contribution in [0.4, 0.5) is 0 Å². The Kier molecular flexibility index (Phi) is 21.2. The summed E-state index contributed by atoms with van der Waals surface area (Å²) < 4.78 is 0. The van der Waals surface area contributed by atoms with Gasteiger partial charge in [0.2, 0.25) is 0 Å². The first-order chi connectivity index (χ1) is 17.2. The molecule has 0 saturated heterocycles. The van der Waals surface area contributed by atoms with E-state index in [4.69, 9.17) is 15.3 Å². The van der Waals surface area contributed by atoms with Gasteiger partial charge in [-0.3, -0.25) is 14.4 Å². The van der Waals surface area contributed by atoms with Crippen molar-refractivity contribution in [2.24, 2.45) is 23.7 Å². The zero-order valence-electron chi connectivity index (χ0n) is 22.3. The van der Waals surface area contributed by atoms with Crippen LogP contribution in [0.1, 0.15) is 128 Å². The zero-order chi connectivity index (χ0) is 26.8. The number of carbonyl (C=O) groups is 4. The number of hydrogen-bond acceptors (Lipinski definition) is 5. The van der Waals surface area contributed by atoms with Crippen molar-refractivity contribution in [2.45, 2.75) is 128 Å². The molecule has 0 bridgehead atoms. The SMILES string of the molecule is O=C(O)C1CCCCC1.O=C(O)C1CCCCC1.O=C(O)C1CCCCC1.O=C([O-])C1CCCCC1.[U]. The maximum Gasteiger partial charge on any atom is 0.306 e. The number of carbonyl (C=O) groups excluding carboxylic acids is 1. The molecule has 4 aliphatic carbocycles. The number of carboxylic acid groups (broad SMARTS) is 4. The minimum absolute atomic E-state index is 0. The smallest absolute Gasteiger partial charge is 0.306 e. The molecule has 0 aromatic rings. The Hall–Kier alpha value is -1.07. The molecule has 0 amide bonds. The average Bonchev–Trinajstić information content (AvgIpc) is 2.92. The van der Waals surface area contributed by atoms with Crippen molar-refractivity contribution in [3.8, 4) is 0 Å². The normalized spacial score (nSPS) is 21.2. The first-order valence-corrected chi connectivity index (χ1v) is 14.1. The van der Waals surface area contributed by atoms with Crippen LogP contribution >= 0.6 is 0 Å². The van der Waals surface area contributed by atoms with Crippen LogP contribution in [0.5, 0.6) is 0 Å². The average molecular weight is 750 g/mol. The van der Waals surface area contributed by atoms with Crippen molar-refractivity contribution in [3.63, 3.8) is 0 Å². The first kappa shape index (κ1) is 35.9. The van der Waals surface area contributed by atoms with E-state index in [1.54, 1.807) is 0 Å². The van der Waals surface area contributed by atoms with Crippen LogP contribution in [0.25, 0.3) is 0 Å². The molecule has 4 aliphatic rings. The minimum Gasteiger partial charge on any atom is -0.550 e. The number of hydrogen-bond donors (Lipinski definition) is 3. The number of carboxylic acids is 4. The van der Waals surface area contributed by atoms with Crippen molar-refractivity contribution < 1.29 is 70.7 Å². The van der Waals surface area contributed by atoms with E-state index >= 15 is 0 Å². The molecule has 0 aromatic carbocycles. The van der Waals surface area contributed by atoms with Crippen molar-refractivity contribution in [1.29, 1.82) is 0 Å². The third kappa shape index (κ3) is 17.2. The van der Waals surface area contributed by atoms with Crippen LogP contribution < -0.4 is 5.11 Å². The molecule has 9 heteroatoms. The summed E-state index contributed by atoms with van der Waals surface area (Å²) in [5.74, 6) is -2.89. The summed E-state index contributed by atoms with van der Waals surface area (Å²) in [6.07, 6.45) is 20.7. The summed E-state index contributed by atoms with van der Waals surface area (Å²) in [6.45, 7) is 0. The quantitative estimate of drug-likeness (QED) is 0.352. The Labute approximate surface area is 245 Å². The molecule has 0 spiro atoms. The monoisotopic (exact) mass is 749 g/mol. The van der Waals surface area contributed by atoms with E-state index in [-0.39, 0.29) is 54.8 Å². The van der Waals surface area contributed by atoms with Gasteiger partial charge in [-0.05, 0) is 57.3 Å². The topological polar surface area (TPSA) is 152 Å². The number of aliphatic carboxylic acids is 4. The van der Waals surface area contributed by atoms with Crippen LogP contribution in [0.3, 0.4) is 0 Å². The predicted octanol–water partition coefficient (Wildman–Crippen LogP) is 5.27. The summed E-state index contributed by atoms with van der Waals surface area (Å²) in [7, 11) is 0. The van der Waals surface area contributed by atoms with Crippen molar-refractivity contribution in [2.75, 3.05) is 0 Å². The van der Waals surface area contributed by atoms with Gasteiger partial charge in [0, 0.05) is 37.1 Å². The van der Waals surface area contributed by atoms with E-state index in [0.29, 0.717) is 0 Å².